The van der Waals surface area contributed by atoms with Crippen LogP contribution >= 0.6 is 11.8 Å². The van der Waals surface area contributed by atoms with E-state index < -0.39 is 0 Å². The van der Waals surface area contributed by atoms with Crippen molar-refractivity contribution in [3.63, 3.8) is 0 Å². The number of hydrogen-bond acceptors (Lipinski definition) is 3. The molecule has 0 N–H and O–H groups in total. The maximum atomic E-state index is 12.5. The van der Waals surface area contributed by atoms with Crippen LogP contribution in [0.25, 0.3) is 0 Å². The highest BCUT2D eigenvalue weighted by Crippen LogP contribution is 2.30. The summed E-state index contributed by atoms with van der Waals surface area (Å²) in [4.78, 5) is 27.2. The third-order valence-electron chi connectivity index (χ3n) is 6.07. The standard InChI is InChI=1S/C28H28O2S/c29-27(20-11-21-7-3-1-4-8-21)22-12-16-25(17-13-22)31-26-18-14-24(15-19-26)28(30)23-9-5-2-6-10-23/h2,5-6,9-10,12-19,21H,1,3-4,7-8,11,20H2. The molecule has 2 nitrogen and oxygen atoms in total. The van der Waals surface area contributed by atoms with Crippen LogP contribution in [0.2, 0.25) is 0 Å². The summed E-state index contributed by atoms with van der Waals surface area (Å²) in [5.41, 5.74) is 2.20. The second-order valence-corrected chi connectivity index (χ2v) is 9.46. The SMILES string of the molecule is O=C(CCC1CCCCC1)c1ccc(Sc2ccc(C(=O)c3ccccc3)cc2)cc1. The summed E-state index contributed by atoms with van der Waals surface area (Å²) in [5, 5.41) is 0. The Morgan fingerprint density at radius 1 is 0.677 bits per heavy atom. The highest BCUT2D eigenvalue weighted by Gasteiger charge is 2.15. The molecule has 0 radical (unpaired) electrons. The largest absolute Gasteiger partial charge is 0.294 e. The van der Waals surface area contributed by atoms with Gasteiger partial charge in [-0.15, -0.1) is 0 Å². The topological polar surface area (TPSA) is 34.1 Å². The summed E-state index contributed by atoms with van der Waals surface area (Å²) >= 11 is 1.64. The lowest BCUT2D eigenvalue weighted by Crippen LogP contribution is -2.09. The average molecular weight is 429 g/mol. The van der Waals surface area contributed by atoms with Crippen LogP contribution in [-0.2, 0) is 0 Å². The van der Waals surface area contributed by atoms with Gasteiger partial charge in [-0.05, 0) is 48.7 Å². The molecular formula is C28H28O2S. The molecule has 31 heavy (non-hydrogen) atoms. The fourth-order valence-corrected chi connectivity index (χ4v) is 5.05. The van der Waals surface area contributed by atoms with Crippen LogP contribution in [0.3, 0.4) is 0 Å². The van der Waals surface area contributed by atoms with E-state index in [-0.39, 0.29) is 11.6 Å². The Bertz CT molecular complexity index is 1000. The predicted octanol–water partition coefficient (Wildman–Crippen LogP) is 7.61. The second kappa shape index (κ2) is 10.6. The maximum Gasteiger partial charge on any atom is 0.193 e. The van der Waals surface area contributed by atoms with Crippen LogP contribution in [0.5, 0.6) is 0 Å². The van der Waals surface area contributed by atoms with Gasteiger partial charge >= 0.3 is 0 Å². The number of Topliss-reactive ketones (excluding diaryl/α,β-unsaturated/α-hetero) is 1. The summed E-state index contributed by atoms with van der Waals surface area (Å²) in [5.74, 6) is 1.03. The molecule has 0 spiro atoms. The van der Waals surface area contributed by atoms with E-state index in [9.17, 15) is 9.59 Å². The number of benzene rings is 3. The molecule has 3 aromatic rings. The van der Waals surface area contributed by atoms with Gasteiger partial charge in [-0.25, -0.2) is 0 Å². The lowest BCUT2D eigenvalue weighted by molar-refractivity contribution is 0.0969. The van der Waals surface area contributed by atoms with Gasteiger partial charge in [0.05, 0.1) is 0 Å². The van der Waals surface area contributed by atoms with Crippen molar-refractivity contribution in [2.75, 3.05) is 0 Å². The van der Waals surface area contributed by atoms with Crippen LogP contribution in [0.4, 0.5) is 0 Å². The van der Waals surface area contributed by atoms with Crippen molar-refractivity contribution >= 4 is 23.3 Å². The van der Waals surface area contributed by atoms with Gasteiger partial charge in [-0.1, -0.05) is 86.3 Å². The van der Waals surface area contributed by atoms with Crippen molar-refractivity contribution in [3.05, 3.63) is 95.6 Å². The minimum atomic E-state index is 0.0354. The molecule has 0 amide bonds. The number of hydrogen-bond donors (Lipinski definition) is 0. The molecule has 1 aliphatic carbocycles. The van der Waals surface area contributed by atoms with Crippen molar-refractivity contribution in [3.8, 4) is 0 Å². The molecule has 3 aromatic carbocycles. The first-order valence-electron chi connectivity index (χ1n) is 11.2. The van der Waals surface area contributed by atoms with E-state index in [1.54, 1.807) is 11.8 Å². The first-order chi connectivity index (χ1) is 15.2. The van der Waals surface area contributed by atoms with Crippen LogP contribution < -0.4 is 0 Å². The first kappa shape index (κ1) is 21.6. The molecule has 0 unspecified atom stereocenters. The number of rotatable bonds is 8. The Labute approximate surface area is 189 Å². The third kappa shape index (κ3) is 5.95. The zero-order valence-corrected chi connectivity index (χ0v) is 18.6. The first-order valence-corrected chi connectivity index (χ1v) is 12.0. The number of ketones is 2. The van der Waals surface area contributed by atoms with Gasteiger partial charge < -0.3 is 0 Å². The highest BCUT2D eigenvalue weighted by molar-refractivity contribution is 7.99. The van der Waals surface area contributed by atoms with E-state index in [4.69, 9.17) is 0 Å². The smallest absolute Gasteiger partial charge is 0.193 e. The zero-order valence-electron chi connectivity index (χ0n) is 17.8. The van der Waals surface area contributed by atoms with Gasteiger partial charge in [-0.3, -0.25) is 9.59 Å². The Kier molecular flexibility index (Phi) is 7.37. The maximum absolute atomic E-state index is 12.5. The van der Waals surface area contributed by atoms with Crippen LogP contribution in [-0.4, -0.2) is 11.6 Å². The zero-order chi connectivity index (χ0) is 21.5. The van der Waals surface area contributed by atoms with Crippen molar-refractivity contribution in [2.45, 2.75) is 54.7 Å². The molecule has 3 heteroatoms. The Morgan fingerprint density at radius 3 is 1.84 bits per heavy atom. The molecule has 0 aliphatic heterocycles. The monoisotopic (exact) mass is 428 g/mol. The summed E-state index contributed by atoms with van der Waals surface area (Å²) in [6.45, 7) is 0. The van der Waals surface area contributed by atoms with Gasteiger partial charge in [0.2, 0.25) is 0 Å². The fraction of sp³-hybridized carbons (Fsp3) is 0.286. The Hall–Kier alpha value is -2.65. The van der Waals surface area contributed by atoms with Crippen LogP contribution in [0.15, 0.2) is 88.7 Å². The van der Waals surface area contributed by atoms with E-state index in [0.29, 0.717) is 17.5 Å². The number of carbonyl (C=O) groups is 2. The molecule has 0 bridgehead atoms. The van der Waals surface area contributed by atoms with Crippen molar-refractivity contribution in [2.24, 2.45) is 5.92 Å². The van der Waals surface area contributed by atoms with E-state index in [2.05, 4.69) is 0 Å². The van der Waals surface area contributed by atoms with Crippen molar-refractivity contribution < 1.29 is 9.59 Å². The second-order valence-electron chi connectivity index (χ2n) is 8.31. The van der Waals surface area contributed by atoms with Crippen molar-refractivity contribution in [1.82, 2.24) is 0 Å². The van der Waals surface area contributed by atoms with Gasteiger partial charge in [0.15, 0.2) is 11.6 Å². The third-order valence-corrected chi connectivity index (χ3v) is 7.08. The van der Waals surface area contributed by atoms with Gasteiger partial charge in [-0.2, -0.15) is 0 Å². The normalized spacial score (nSPS) is 14.3. The van der Waals surface area contributed by atoms with Crippen molar-refractivity contribution in [1.29, 1.82) is 0 Å². The van der Waals surface area contributed by atoms with Crippen LogP contribution in [0, 0.1) is 5.92 Å². The van der Waals surface area contributed by atoms with E-state index in [1.165, 1.54) is 32.1 Å². The predicted molar refractivity (Wildman–Crippen MR) is 127 cm³/mol. The molecule has 0 saturated heterocycles. The number of carbonyl (C=O) groups excluding carboxylic acids is 2. The Morgan fingerprint density at radius 2 is 1.23 bits per heavy atom. The van der Waals surface area contributed by atoms with Gasteiger partial charge in [0.25, 0.3) is 0 Å². The molecule has 0 heterocycles. The highest BCUT2D eigenvalue weighted by atomic mass is 32.2. The van der Waals surface area contributed by atoms with Gasteiger partial charge in [0, 0.05) is 32.9 Å². The molecular weight excluding hydrogens is 400 g/mol. The molecule has 4 rings (SSSR count). The summed E-state index contributed by atoms with van der Waals surface area (Å²) in [7, 11) is 0. The summed E-state index contributed by atoms with van der Waals surface area (Å²) < 4.78 is 0. The summed E-state index contributed by atoms with van der Waals surface area (Å²) in [6, 6.07) is 25.0. The molecule has 0 aromatic heterocycles. The van der Waals surface area contributed by atoms with Gasteiger partial charge in [0.1, 0.15) is 0 Å². The van der Waals surface area contributed by atoms with E-state index in [0.717, 1.165) is 27.7 Å². The molecule has 1 aliphatic rings. The lowest BCUT2D eigenvalue weighted by atomic mass is 9.85. The molecule has 1 saturated carbocycles. The molecule has 1 fully saturated rings. The Balaban J connectivity index is 1.32. The quantitative estimate of drug-likeness (QED) is 0.346. The minimum Gasteiger partial charge on any atom is -0.294 e. The summed E-state index contributed by atoms with van der Waals surface area (Å²) in [6.07, 6.45) is 8.28. The van der Waals surface area contributed by atoms with Crippen LogP contribution in [0.1, 0.15) is 71.2 Å². The molecule has 158 valence electrons. The fourth-order valence-electron chi connectivity index (χ4n) is 4.23. The molecule has 0 atom stereocenters. The van der Waals surface area contributed by atoms with E-state index >= 15 is 0 Å². The van der Waals surface area contributed by atoms with E-state index in [1.807, 2.05) is 78.9 Å². The lowest BCUT2D eigenvalue weighted by Gasteiger charge is -2.20. The average Bonchev–Trinajstić information content (AvgIpc) is 2.84. The minimum absolute atomic E-state index is 0.0354.